The number of hydrogen-bond acceptors (Lipinski definition) is 7. The van der Waals surface area contributed by atoms with Crippen LogP contribution in [0.3, 0.4) is 0 Å². The lowest BCUT2D eigenvalue weighted by atomic mass is 9.49. The number of phenolic OH excluding ortho intramolecular Hbond substituents is 1. The number of fused-ring (bicyclic) bond motifs is 5. The van der Waals surface area contributed by atoms with E-state index < -0.39 is 63.6 Å². The average molecular weight is 724 g/mol. The van der Waals surface area contributed by atoms with Crippen LogP contribution in [0.4, 0.5) is 17.1 Å². The van der Waals surface area contributed by atoms with E-state index >= 15 is 4.79 Å². The Morgan fingerprint density at radius 2 is 1.47 bits per heavy atom. The maximum absolute atomic E-state index is 15.5. The van der Waals surface area contributed by atoms with E-state index in [2.05, 4.69) is 0 Å². The standard InChI is InChI=1S/C42H30ClN3O7/c43-25-11-6-12-26(20-25)45-39(49)34-22-33-30(18-19-31-35(33)40(50)44(38(31)48)27-13-7-14-28(21-27)46(52)53)36(42(34,41(45)51)24-9-2-1-3-10-24)32-17-16-23-8-4-5-15-29(23)37(32)47/h1-18,20-21,31,33-36,47H,19,22H2/t31-,33+,34-,35-,36+,42+/m0/s1. The van der Waals surface area contributed by atoms with Gasteiger partial charge < -0.3 is 5.11 Å². The second-order valence-electron chi connectivity index (χ2n) is 14.1. The average Bonchev–Trinajstić information content (AvgIpc) is 3.56. The van der Waals surface area contributed by atoms with Crippen LogP contribution in [0.1, 0.15) is 29.9 Å². The number of phenols is 1. The van der Waals surface area contributed by atoms with Crippen molar-refractivity contribution in [1.29, 1.82) is 0 Å². The van der Waals surface area contributed by atoms with Gasteiger partial charge in [-0.05, 0) is 54.0 Å². The Balaban J connectivity index is 1.28. The summed E-state index contributed by atoms with van der Waals surface area (Å²) in [6.45, 7) is 0. The van der Waals surface area contributed by atoms with Crippen LogP contribution in [0.25, 0.3) is 10.8 Å². The van der Waals surface area contributed by atoms with Crippen LogP contribution >= 0.6 is 11.6 Å². The van der Waals surface area contributed by atoms with Gasteiger partial charge in [0, 0.05) is 34.0 Å². The monoisotopic (exact) mass is 723 g/mol. The first-order chi connectivity index (χ1) is 25.6. The fraction of sp³-hybridized carbons (Fsp3) is 0.190. The number of rotatable bonds is 5. The van der Waals surface area contributed by atoms with E-state index in [1.807, 2.05) is 60.7 Å². The summed E-state index contributed by atoms with van der Waals surface area (Å²) in [6.07, 6.45) is 2.14. The first kappa shape index (κ1) is 32.8. The highest BCUT2D eigenvalue weighted by atomic mass is 35.5. The van der Waals surface area contributed by atoms with Crippen molar-refractivity contribution in [3.8, 4) is 5.75 Å². The zero-order valence-corrected chi connectivity index (χ0v) is 28.7. The van der Waals surface area contributed by atoms with Gasteiger partial charge in [0.15, 0.2) is 0 Å². The highest BCUT2D eigenvalue weighted by molar-refractivity contribution is 6.32. The first-order valence-electron chi connectivity index (χ1n) is 17.3. The summed E-state index contributed by atoms with van der Waals surface area (Å²) in [5, 5.41) is 25.5. The summed E-state index contributed by atoms with van der Waals surface area (Å²) in [6, 6.07) is 32.1. The SMILES string of the molecule is O=C1[C@H]2[C@H](CC=C3[C@H]2C[C@H]2C(=O)N(c4cccc(Cl)c4)C(=O)[C@@]2(c2ccccc2)[C@H]3c2ccc3ccccc3c2O)C(=O)N1c1cccc([N+](=O)[O-])c1. The van der Waals surface area contributed by atoms with E-state index in [0.717, 1.165) is 10.3 Å². The minimum absolute atomic E-state index is 0.0423. The Morgan fingerprint density at radius 1 is 0.755 bits per heavy atom. The van der Waals surface area contributed by atoms with E-state index in [1.165, 1.54) is 29.2 Å². The Kier molecular flexibility index (Phi) is 7.39. The molecular weight excluding hydrogens is 694 g/mol. The highest BCUT2D eigenvalue weighted by Crippen LogP contribution is 2.65. The summed E-state index contributed by atoms with van der Waals surface area (Å²) in [5.41, 5.74) is 0.284. The summed E-state index contributed by atoms with van der Waals surface area (Å²) in [5.74, 6) is -6.31. The fourth-order valence-electron chi connectivity index (χ4n) is 9.59. The molecule has 11 heteroatoms. The number of halogens is 1. The van der Waals surface area contributed by atoms with Gasteiger partial charge in [0.1, 0.15) is 5.75 Å². The summed E-state index contributed by atoms with van der Waals surface area (Å²) >= 11 is 6.40. The molecule has 0 bridgehead atoms. The van der Waals surface area contributed by atoms with Crippen LogP contribution in [-0.2, 0) is 24.6 Å². The molecule has 262 valence electrons. The maximum atomic E-state index is 15.5. The number of amides is 4. The predicted molar refractivity (Wildman–Crippen MR) is 197 cm³/mol. The third-order valence-electron chi connectivity index (χ3n) is 11.7. The van der Waals surface area contributed by atoms with Crippen LogP contribution in [0, 0.1) is 33.8 Å². The molecule has 0 radical (unpaired) electrons. The predicted octanol–water partition coefficient (Wildman–Crippen LogP) is 7.47. The molecule has 53 heavy (non-hydrogen) atoms. The third-order valence-corrected chi connectivity index (χ3v) is 11.9. The Morgan fingerprint density at radius 3 is 2.23 bits per heavy atom. The molecule has 10 nitrogen and oxygen atoms in total. The molecule has 6 atom stereocenters. The maximum Gasteiger partial charge on any atom is 0.271 e. The number of nitrogens with zero attached hydrogens (tertiary/aromatic N) is 3. The molecular formula is C42H30ClN3O7. The molecule has 2 aliphatic carbocycles. The van der Waals surface area contributed by atoms with Crippen molar-refractivity contribution in [1.82, 2.24) is 0 Å². The zero-order valence-electron chi connectivity index (χ0n) is 28.0. The second-order valence-corrected chi connectivity index (χ2v) is 14.5. The molecule has 1 saturated carbocycles. The third kappa shape index (κ3) is 4.58. The van der Waals surface area contributed by atoms with Crippen LogP contribution in [0.5, 0.6) is 5.75 Å². The van der Waals surface area contributed by atoms with Crippen LogP contribution < -0.4 is 9.80 Å². The van der Waals surface area contributed by atoms with Crippen LogP contribution in [0.15, 0.2) is 127 Å². The molecule has 2 aliphatic heterocycles. The summed E-state index contributed by atoms with van der Waals surface area (Å²) < 4.78 is 0. The number of benzene rings is 5. The molecule has 4 aliphatic rings. The van der Waals surface area contributed by atoms with Gasteiger partial charge in [0.2, 0.25) is 23.6 Å². The van der Waals surface area contributed by atoms with Gasteiger partial charge in [0.05, 0.1) is 39.5 Å². The van der Waals surface area contributed by atoms with Gasteiger partial charge in [-0.1, -0.05) is 102 Å². The van der Waals surface area contributed by atoms with Crippen molar-refractivity contribution in [3.05, 3.63) is 153 Å². The van der Waals surface area contributed by atoms with Gasteiger partial charge in [0.25, 0.3) is 5.69 Å². The number of non-ortho nitro benzene ring substituents is 1. The molecule has 0 unspecified atom stereocenters. The van der Waals surface area contributed by atoms with Gasteiger partial charge >= 0.3 is 0 Å². The topological polar surface area (TPSA) is 138 Å². The number of nitro benzene ring substituents is 1. The Hall–Kier alpha value is -6.13. The number of carbonyl (C=O) groups is 4. The number of nitro groups is 1. The number of imide groups is 2. The van der Waals surface area contributed by atoms with Crippen LogP contribution in [-0.4, -0.2) is 33.7 Å². The Labute approximate surface area is 308 Å². The van der Waals surface area contributed by atoms with Crippen molar-refractivity contribution in [3.63, 3.8) is 0 Å². The Bertz CT molecular complexity index is 2470. The molecule has 3 fully saturated rings. The van der Waals surface area contributed by atoms with Gasteiger partial charge in [-0.15, -0.1) is 0 Å². The molecule has 2 saturated heterocycles. The quantitative estimate of drug-likeness (QED) is 0.0859. The lowest BCUT2D eigenvalue weighted by Gasteiger charge is -2.50. The minimum atomic E-state index is -1.55. The van der Waals surface area contributed by atoms with Gasteiger partial charge in [-0.2, -0.15) is 0 Å². The van der Waals surface area contributed by atoms with E-state index in [-0.39, 0.29) is 30.0 Å². The molecule has 5 aromatic rings. The van der Waals surface area contributed by atoms with E-state index in [1.54, 1.807) is 36.4 Å². The normalized spacial score (nSPS) is 26.4. The molecule has 5 aromatic carbocycles. The number of aromatic hydroxyl groups is 1. The largest absolute Gasteiger partial charge is 0.507 e. The summed E-state index contributed by atoms with van der Waals surface area (Å²) in [7, 11) is 0. The van der Waals surface area contributed by atoms with Crippen molar-refractivity contribution < 1.29 is 29.2 Å². The van der Waals surface area contributed by atoms with Crippen LogP contribution in [0.2, 0.25) is 5.02 Å². The molecule has 1 N–H and O–H groups in total. The van der Waals surface area contributed by atoms with Crippen molar-refractivity contribution in [2.24, 2.45) is 23.7 Å². The van der Waals surface area contributed by atoms with E-state index in [0.29, 0.717) is 32.8 Å². The lowest BCUT2D eigenvalue weighted by molar-refractivity contribution is -0.384. The molecule has 0 spiro atoms. The van der Waals surface area contributed by atoms with E-state index in [4.69, 9.17) is 11.6 Å². The number of allylic oxidation sites excluding steroid dienone is 2. The number of hydrogen-bond donors (Lipinski definition) is 1. The summed E-state index contributed by atoms with van der Waals surface area (Å²) in [4.78, 5) is 72.3. The zero-order chi connectivity index (χ0) is 36.8. The molecule has 2 heterocycles. The van der Waals surface area contributed by atoms with Crippen molar-refractivity contribution >= 4 is 63.1 Å². The van der Waals surface area contributed by atoms with Crippen molar-refractivity contribution in [2.45, 2.75) is 24.2 Å². The number of anilines is 2. The van der Waals surface area contributed by atoms with Gasteiger partial charge in [-0.25, -0.2) is 9.80 Å². The fourth-order valence-corrected chi connectivity index (χ4v) is 9.78. The lowest BCUT2D eigenvalue weighted by Crippen LogP contribution is -2.53. The first-order valence-corrected chi connectivity index (χ1v) is 17.7. The molecule has 0 aromatic heterocycles. The smallest absolute Gasteiger partial charge is 0.271 e. The van der Waals surface area contributed by atoms with E-state index in [9.17, 15) is 29.6 Å². The molecule has 4 amide bonds. The minimum Gasteiger partial charge on any atom is -0.507 e. The second kappa shape index (κ2) is 12.0. The highest BCUT2D eigenvalue weighted by Gasteiger charge is 2.70. The number of carbonyl (C=O) groups excluding carboxylic acids is 4. The van der Waals surface area contributed by atoms with Crippen molar-refractivity contribution in [2.75, 3.05) is 9.80 Å². The molecule has 9 rings (SSSR count). The van der Waals surface area contributed by atoms with Gasteiger partial charge in [-0.3, -0.25) is 29.3 Å².